The van der Waals surface area contributed by atoms with E-state index in [0.717, 1.165) is 11.3 Å². The number of nitrogens with zero attached hydrogens (tertiary/aromatic N) is 2. The van der Waals surface area contributed by atoms with Gasteiger partial charge in [0.2, 0.25) is 5.04 Å². The molecule has 0 aromatic heterocycles. The number of hydrazone groups is 1. The number of carbonyl (C=O) groups is 1. The third-order valence-corrected chi connectivity index (χ3v) is 9.64. The Labute approximate surface area is 213 Å². The number of para-hydroxylation sites is 1. The average Bonchev–Trinajstić information content (AvgIpc) is 3.47. The van der Waals surface area contributed by atoms with Crippen LogP contribution in [-0.4, -0.2) is 18.1 Å². The van der Waals surface area contributed by atoms with Gasteiger partial charge in [0, 0.05) is 5.56 Å². The number of esters is 1. The molecule has 4 aromatic carbocycles. The lowest BCUT2D eigenvalue weighted by Crippen LogP contribution is -2.34. The summed E-state index contributed by atoms with van der Waals surface area (Å²) in [4.78, 5) is 12.7. The first-order valence-corrected chi connectivity index (χ1v) is 12.9. The normalized spacial score (nSPS) is 19.9. The molecule has 6 heteroatoms. The van der Waals surface area contributed by atoms with E-state index in [1.165, 1.54) is 35.6 Å². The molecule has 2 aliphatic heterocycles. The van der Waals surface area contributed by atoms with Crippen molar-refractivity contribution >= 4 is 40.2 Å². The Morgan fingerprint density at radius 1 is 0.743 bits per heavy atom. The summed E-state index contributed by atoms with van der Waals surface area (Å²) in [6, 6.07) is 39.7. The summed E-state index contributed by atoms with van der Waals surface area (Å²) in [5, 5.41) is 7.16. The predicted molar refractivity (Wildman–Crippen MR) is 144 cm³/mol. The summed E-state index contributed by atoms with van der Waals surface area (Å²) in [6.45, 7) is 0. The Morgan fingerprint density at radius 3 is 1.83 bits per heavy atom. The number of ether oxygens (including phenoxy) is 1. The molecular weight excluding hydrogens is 472 g/mol. The van der Waals surface area contributed by atoms with Crippen LogP contribution in [0.15, 0.2) is 120 Å². The highest BCUT2D eigenvalue weighted by Crippen LogP contribution is 2.70. The molecule has 0 bridgehead atoms. The molecule has 172 valence electrons. The number of benzene rings is 4. The Bertz CT molecular complexity index is 1370. The van der Waals surface area contributed by atoms with Crippen molar-refractivity contribution in [3.05, 3.63) is 138 Å². The molecule has 1 spiro atoms. The Morgan fingerprint density at radius 2 is 1.26 bits per heavy atom. The van der Waals surface area contributed by atoms with Crippen molar-refractivity contribution < 1.29 is 9.53 Å². The molecule has 4 nitrogen and oxygen atoms in total. The molecule has 6 rings (SSSR count). The Hall–Kier alpha value is -3.48. The van der Waals surface area contributed by atoms with Gasteiger partial charge >= 0.3 is 5.97 Å². The minimum Gasteiger partial charge on any atom is -0.464 e. The molecule has 2 aliphatic rings. The van der Waals surface area contributed by atoms with E-state index in [2.05, 4.69) is 72.8 Å². The lowest BCUT2D eigenvalue weighted by Gasteiger charge is -2.37. The Kier molecular flexibility index (Phi) is 5.43. The average molecular weight is 495 g/mol. The second kappa shape index (κ2) is 8.63. The van der Waals surface area contributed by atoms with Crippen molar-refractivity contribution in [2.75, 3.05) is 12.1 Å². The van der Waals surface area contributed by atoms with Crippen molar-refractivity contribution in [3.8, 4) is 0 Å². The molecule has 2 heterocycles. The highest BCUT2D eigenvalue weighted by molar-refractivity contribution is 8.27. The van der Waals surface area contributed by atoms with Crippen LogP contribution < -0.4 is 5.01 Å². The van der Waals surface area contributed by atoms with Crippen LogP contribution in [0.2, 0.25) is 0 Å². The second-order valence-corrected chi connectivity index (χ2v) is 11.1. The lowest BCUT2D eigenvalue weighted by molar-refractivity contribution is -0.132. The fourth-order valence-corrected chi connectivity index (χ4v) is 8.46. The van der Waals surface area contributed by atoms with Crippen LogP contribution in [0.3, 0.4) is 0 Å². The molecule has 1 atom stereocenters. The molecule has 0 fully saturated rings. The van der Waals surface area contributed by atoms with Gasteiger partial charge in [-0.25, -0.2) is 9.80 Å². The zero-order chi connectivity index (χ0) is 23.9. The van der Waals surface area contributed by atoms with Gasteiger partial charge in [-0.05, 0) is 28.8 Å². The molecule has 0 amide bonds. The second-order valence-electron chi connectivity index (χ2n) is 8.29. The van der Waals surface area contributed by atoms with Gasteiger partial charge in [-0.3, -0.25) is 0 Å². The van der Waals surface area contributed by atoms with E-state index in [9.17, 15) is 4.79 Å². The van der Waals surface area contributed by atoms with Crippen LogP contribution in [0.25, 0.3) is 0 Å². The van der Waals surface area contributed by atoms with Gasteiger partial charge in [0.15, 0.2) is 4.20 Å². The van der Waals surface area contributed by atoms with Crippen LogP contribution in [-0.2, 0) is 18.5 Å². The van der Waals surface area contributed by atoms with E-state index >= 15 is 0 Å². The summed E-state index contributed by atoms with van der Waals surface area (Å²) in [6.07, 6.45) is 0. The standard InChI is InChI=1S/C29H22N2O2S2/c1-33-27(32)26-30-31(23-17-9-4-10-18-23)29(34-26)25-20-12-11-19-24(25)28(35-29,21-13-5-2-6-14-21)22-15-7-3-8-16-22/h2-20H,1H3. The number of rotatable bonds is 4. The highest BCUT2D eigenvalue weighted by Gasteiger charge is 2.61. The van der Waals surface area contributed by atoms with Gasteiger partial charge in [0.1, 0.15) is 0 Å². The van der Waals surface area contributed by atoms with Gasteiger partial charge in [-0.1, -0.05) is 127 Å². The molecule has 4 aromatic rings. The van der Waals surface area contributed by atoms with Crippen molar-refractivity contribution in [1.29, 1.82) is 0 Å². The maximum absolute atomic E-state index is 12.7. The molecule has 0 radical (unpaired) electrons. The number of fused-ring (bicyclic) bond motifs is 2. The number of hydrogen-bond donors (Lipinski definition) is 0. The topological polar surface area (TPSA) is 41.9 Å². The zero-order valence-electron chi connectivity index (χ0n) is 19.0. The fraction of sp³-hybridized carbons (Fsp3) is 0.103. The quantitative estimate of drug-likeness (QED) is 0.300. The molecule has 0 saturated heterocycles. The minimum atomic E-state index is -0.701. The summed E-state index contributed by atoms with van der Waals surface area (Å²) in [7, 11) is 1.40. The third-order valence-electron chi connectivity index (χ3n) is 6.36. The molecule has 35 heavy (non-hydrogen) atoms. The van der Waals surface area contributed by atoms with Gasteiger partial charge < -0.3 is 4.74 Å². The van der Waals surface area contributed by atoms with Crippen LogP contribution in [0.5, 0.6) is 0 Å². The van der Waals surface area contributed by atoms with E-state index in [1.54, 1.807) is 11.8 Å². The number of thioether (sulfide) groups is 2. The predicted octanol–water partition coefficient (Wildman–Crippen LogP) is 6.58. The van der Waals surface area contributed by atoms with E-state index < -0.39 is 14.9 Å². The zero-order valence-corrected chi connectivity index (χ0v) is 20.6. The van der Waals surface area contributed by atoms with Gasteiger partial charge in [-0.2, -0.15) is 5.10 Å². The maximum atomic E-state index is 12.7. The van der Waals surface area contributed by atoms with Gasteiger partial charge in [0.25, 0.3) is 0 Å². The van der Waals surface area contributed by atoms with Gasteiger partial charge in [0.05, 0.1) is 17.5 Å². The monoisotopic (exact) mass is 494 g/mol. The third kappa shape index (κ3) is 3.32. The molecule has 0 saturated carbocycles. The van der Waals surface area contributed by atoms with Crippen molar-refractivity contribution in [2.45, 2.75) is 8.95 Å². The van der Waals surface area contributed by atoms with Crippen LogP contribution >= 0.6 is 23.5 Å². The van der Waals surface area contributed by atoms with Crippen molar-refractivity contribution in [3.63, 3.8) is 0 Å². The van der Waals surface area contributed by atoms with E-state index in [1.807, 2.05) is 47.5 Å². The summed E-state index contributed by atoms with van der Waals surface area (Å²) in [5.74, 6) is -0.428. The SMILES string of the molecule is COC(=O)C1=NN(c2ccccc2)C2(S1)SC(c1ccccc1)(c1ccccc1)c1ccccc12. The van der Waals surface area contributed by atoms with Gasteiger partial charge in [-0.15, -0.1) is 0 Å². The molecular formula is C29H22N2O2S2. The first-order valence-electron chi connectivity index (χ1n) is 11.3. The summed E-state index contributed by atoms with van der Waals surface area (Å²) in [5.41, 5.74) is 5.59. The first-order chi connectivity index (χ1) is 17.2. The van der Waals surface area contributed by atoms with E-state index in [0.29, 0.717) is 5.04 Å². The van der Waals surface area contributed by atoms with Crippen LogP contribution in [0.1, 0.15) is 22.3 Å². The molecule has 0 aliphatic carbocycles. The van der Waals surface area contributed by atoms with Crippen molar-refractivity contribution in [1.82, 2.24) is 0 Å². The van der Waals surface area contributed by atoms with Crippen molar-refractivity contribution in [2.24, 2.45) is 5.10 Å². The highest BCUT2D eigenvalue weighted by atomic mass is 32.2. The molecule has 1 unspecified atom stereocenters. The van der Waals surface area contributed by atoms with E-state index in [-0.39, 0.29) is 0 Å². The number of carbonyl (C=O) groups excluding carboxylic acids is 1. The number of hydrogen-bond acceptors (Lipinski definition) is 6. The van der Waals surface area contributed by atoms with Crippen LogP contribution in [0.4, 0.5) is 5.69 Å². The molecule has 0 N–H and O–H groups in total. The number of anilines is 1. The Balaban J connectivity index is 1.64. The van der Waals surface area contributed by atoms with Crippen LogP contribution in [0, 0.1) is 0 Å². The fourth-order valence-electron chi connectivity index (χ4n) is 4.88. The smallest absolute Gasteiger partial charge is 0.365 e. The maximum Gasteiger partial charge on any atom is 0.365 e. The number of methoxy groups -OCH3 is 1. The minimum absolute atomic E-state index is 0.343. The largest absolute Gasteiger partial charge is 0.464 e. The lowest BCUT2D eigenvalue weighted by atomic mass is 9.82. The summed E-state index contributed by atoms with van der Waals surface area (Å²) >= 11 is 3.26. The summed E-state index contributed by atoms with van der Waals surface area (Å²) < 4.78 is 3.90. The van der Waals surface area contributed by atoms with E-state index in [4.69, 9.17) is 9.84 Å². The first kappa shape index (κ1) is 22.0.